The van der Waals surface area contributed by atoms with E-state index >= 15 is 0 Å². The quantitative estimate of drug-likeness (QED) is 0.833. The molecule has 0 amide bonds. The van der Waals surface area contributed by atoms with Crippen molar-refractivity contribution in [3.63, 3.8) is 0 Å². The third kappa shape index (κ3) is 4.02. The lowest BCUT2D eigenvalue weighted by Gasteiger charge is -2.23. The smallest absolute Gasteiger partial charge is 0.119 e. The average molecular weight is 249 g/mol. The van der Waals surface area contributed by atoms with Gasteiger partial charge in [-0.1, -0.05) is 46.8 Å². The standard InChI is InChI=1S/C16H27NO/c1-6-16(4,5)13-7-9-14(10-8-13)18-11-15(17)12(2)3/h7-10,12,15H,6,11,17H2,1-5H3. The fraction of sp³-hybridized carbons (Fsp3) is 0.625. The largest absolute Gasteiger partial charge is 0.492 e. The van der Waals surface area contributed by atoms with Crippen LogP contribution in [0.1, 0.15) is 46.6 Å². The molecule has 0 heterocycles. The van der Waals surface area contributed by atoms with Gasteiger partial charge in [0.05, 0.1) is 0 Å². The van der Waals surface area contributed by atoms with Crippen LogP contribution >= 0.6 is 0 Å². The van der Waals surface area contributed by atoms with E-state index < -0.39 is 0 Å². The van der Waals surface area contributed by atoms with Crippen LogP contribution in [-0.2, 0) is 5.41 Å². The van der Waals surface area contributed by atoms with Gasteiger partial charge in [-0.15, -0.1) is 0 Å². The van der Waals surface area contributed by atoms with Crippen LogP contribution in [0.2, 0.25) is 0 Å². The minimum Gasteiger partial charge on any atom is -0.492 e. The number of hydrogen-bond acceptors (Lipinski definition) is 2. The minimum atomic E-state index is 0.0942. The molecule has 1 aromatic carbocycles. The molecular formula is C16H27NO. The second kappa shape index (κ2) is 6.24. The summed E-state index contributed by atoms with van der Waals surface area (Å²) >= 11 is 0. The fourth-order valence-electron chi connectivity index (χ4n) is 1.59. The normalized spacial score (nSPS) is 13.7. The molecule has 0 saturated carbocycles. The van der Waals surface area contributed by atoms with Gasteiger partial charge in [-0.25, -0.2) is 0 Å². The van der Waals surface area contributed by atoms with E-state index in [4.69, 9.17) is 10.5 Å². The number of hydrogen-bond donors (Lipinski definition) is 1. The summed E-state index contributed by atoms with van der Waals surface area (Å²) in [4.78, 5) is 0. The van der Waals surface area contributed by atoms with E-state index in [9.17, 15) is 0 Å². The summed E-state index contributed by atoms with van der Waals surface area (Å²) in [5.74, 6) is 1.35. The zero-order chi connectivity index (χ0) is 13.8. The highest BCUT2D eigenvalue weighted by atomic mass is 16.5. The molecule has 0 aliphatic rings. The molecule has 0 fully saturated rings. The molecular weight excluding hydrogens is 222 g/mol. The first-order valence-corrected chi connectivity index (χ1v) is 6.85. The summed E-state index contributed by atoms with van der Waals surface area (Å²) in [5.41, 5.74) is 7.54. The first-order chi connectivity index (χ1) is 8.36. The van der Waals surface area contributed by atoms with E-state index in [1.165, 1.54) is 5.56 Å². The maximum Gasteiger partial charge on any atom is 0.119 e. The third-order valence-electron chi connectivity index (χ3n) is 3.82. The van der Waals surface area contributed by atoms with Crippen molar-refractivity contribution >= 4 is 0 Å². The molecule has 102 valence electrons. The van der Waals surface area contributed by atoms with Crippen molar-refractivity contribution in [2.75, 3.05) is 6.61 Å². The average Bonchev–Trinajstić information content (AvgIpc) is 2.36. The maximum atomic E-state index is 5.96. The van der Waals surface area contributed by atoms with Crippen molar-refractivity contribution in [3.8, 4) is 5.75 Å². The molecule has 0 aliphatic carbocycles. The Morgan fingerprint density at radius 3 is 2.17 bits per heavy atom. The van der Waals surface area contributed by atoms with E-state index in [0.717, 1.165) is 12.2 Å². The van der Waals surface area contributed by atoms with Crippen molar-refractivity contribution in [1.82, 2.24) is 0 Å². The van der Waals surface area contributed by atoms with Gasteiger partial charge in [-0.2, -0.15) is 0 Å². The molecule has 1 atom stereocenters. The van der Waals surface area contributed by atoms with Crippen molar-refractivity contribution in [3.05, 3.63) is 29.8 Å². The summed E-state index contributed by atoms with van der Waals surface area (Å²) in [5, 5.41) is 0. The zero-order valence-corrected chi connectivity index (χ0v) is 12.4. The van der Waals surface area contributed by atoms with Crippen LogP contribution in [0, 0.1) is 5.92 Å². The Kier molecular flexibility index (Phi) is 5.21. The Balaban J connectivity index is 2.61. The van der Waals surface area contributed by atoms with Crippen molar-refractivity contribution in [2.24, 2.45) is 11.7 Å². The SMILES string of the molecule is CCC(C)(C)c1ccc(OCC(N)C(C)C)cc1. The molecule has 0 saturated heterocycles. The monoisotopic (exact) mass is 249 g/mol. The van der Waals surface area contributed by atoms with Gasteiger partial charge in [-0.05, 0) is 35.4 Å². The molecule has 2 heteroatoms. The van der Waals surface area contributed by atoms with E-state index in [0.29, 0.717) is 12.5 Å². The van der Waals surface area contributed by atoms with Gasteiger partial charge in [0.2, 0.25) is 0 Å². The Morgan fingerprint density at radius 1 is 1.17 bits per heavy atom. The van der Waals surface area contributed by atoms with Crippen LogP contribution < -0.4 is 10.5 Å². The van der Waals surface area contributed by atoms with Crippen LogP contribution in [0.5, 0.6) is 5.75 Å². The molecule has 18 heavy (non-hydrogen) atoms. The number of rotatable bonds is 6. The van der Waals surface area contributed by atoms with Gasteiger partial charge in [0.15, 0.2) is 0 Å². The van der Waals surface area contributed by atoms with Crippen LogP contribution in [0.25, 0.3) is 0 Å². The van der Waals surface area contributed by atoms with Gasteiger partial charge >= 0.3 is 0 Å². The lowest BCUT2D eigenvalue weighted by molar-refractivity contribution is 0.259. The predicted molar refractivity (Wildman–Crippen MR) is 78.1 cm³/mol. The molecule has 2 nitrogen and oxygen atoms in total. The second-order valence-corrected chi connectivity index (χ2v) is 5.98. The van der Waals surface area contributed by atoms with E-state index in [-0.39, 0.29) is 11.5 Å². The fourth-order valence-corrected chi connectivity index (χ4v) is 1.59. The highest BCUT2D eigenvalue weighted by molar-refractivity contribution is 5.31. The first-order valence-electron chi connectivity index (χ1n) is 6.85. The Hall–Kier alpha value is -1.02. The summed E-state index contributed by atoms with van der Waals surface area (Å²) in [7, 11) is 0. The van der Waals surface area contributed by atoms with Gasteiger partial charge in [0, 0.05) is 6.04 Å². The minimum absolute atomic E-state index is 0.0942. The number of ether oxygens (including phenoxy) is 1. The number of nitrogens with two attached hydrogens (primary N) is 1. The summed E-state index contributed by atoms with van der Waals surface area (Å²) in [6.07, 6.45) is 1.13. The summed E-state index contributed by atoms with van der Waals surface area (Å²) in [6, 6.07) is 8.48. The molecule has 0 bridgehead atoms. The van der Waals surface area contributed by atoms with Crippen LogP contribution in [0.15, 0.2) is 24.3 Å². The van der Waals surface area contributed by atoms with E-state index in [2.05, 4.69) is 46.8 Å². The summed E-state index contributed by atoms with van der Waals surface area (Å²) in [6.45, 7) is 11.5. The lowest BCUT2D eigenvalue weighted by Crippen LogP contribution is -2.33. The Labute approximate surface area is 112 Å². The molecule has 0 spiro atoms. The van der Waals surface area contributed by atoms with Crippen LogP contribution in [0.4, 0.5) is 0 Å². The Morgan fingerprint density at radius 2 is 1.72 bits per heavy atom. The molecule has 0 aromatic heterocycles. The summed E-state index contributed by atoms with van der Waals surface area (Å²) < 4.78 is 5.71. The molecule has 1 rings (SSSR count). The zero-order valence-electron chi connectivity index (χ0n) is 12.4. The molecule has 2 N–H and O–H groups in total. The predicted octanol–water partition coefficient (Wildman–Crippen LogP) is 3.74. The third-order valence-corrected chi connectivity index (χ3v) is 3.82. The van der Waals surface area contributed by atoms with Gasteiger partial charge in [0.25, 0.3) is 0 Å². The highest BCUT2D eigenvalue weighted by Gasteiger charge is 2.17. The maximum absolute atomic E-state index is 5.96. The van der Waals surface area contributed by atoms with Crippen molar-refractivity contribution < 1.29 is 4.74 Å². The first kappa shape index (κ1) is 15.0. The van der Waals surface area contributed by atoms with E-state index in [1.807, 2.05) is 12.1 Å². The van der Waals surface area contributed by atoms with Gasteiger partial charge in [0.1, 0.15) is 12.4 Å². The van der Waals surface area contributed by atoms with Crippen molar-refractivity contribution in [1.29, 1.82) is 0 Å². The Bertz CT molecular complexity index is 354. The second-order valence-electron chi connectivity index (χ2n) is 5.98. The van der Waals surface area contributed by atoms with Crippen LogP contribution in [-0.4, -0.2) is 12.6 Å². The van der Waals surface area contributed by atoms with E-state index in [1.54, 1.807) is 0 Å². The van der Waals surface area contributed by atoms with Gasteiger partial charge < -0.3 is 10.5 Å². The molecule has 1 unspecified atom stereocenters. The highest BCUT2D eigenvalue weighted by Crippen LogP contribution is 2.28. The topological polar surface area (TPSA) is 35.2 Å². The van der Waals surface area contributed by atoms with Crippen LogP contribution in [0.3, 0.4) is 0 Å². The lowest BCUT2D eigenvalue weighted by atomic mass is 9.82. The molecule has 0 aliphatic heterocycles. The van der Waals surface area contributed by atoms with Crippen molar-refractivity contribution in [2.45, 2.75) is 52.5 Å². The van der Waals surface area contributed by atoms with Gasteiger partial charge in [-0.3, -0.25) is 0 Å². The molecule has 1 aromatic rings. The number of benzene rings is 1. The molecule has 0 radical (unpaired) electrons.